The molecule has 0 heterocycles. The lowest BCUT2D eigenvalue weighted by molar-refractivity contribution is -0.143. The van der Waals surface area contributed by atoms with Crippen molar-refractivity contribution in [3.63, 3.8) is 0 Å². The molecular weight excluding hydrogens is 815 g/mol. The van der Waals surface area contributed by atoms with Crippen molar-refractivity contribution in [2.75, 3.05) is 13.2 Å². The lowest BCUT2D eigenvalue weighted by Crippen LogP contribution is -2.45. The van der Waals surface area contributed by atoms with E-state index < -0.39 is 12.1 Å². The van der Waals surface area contributed by atoms with Gasteiger partial charge in [0.2, 0.25) is 5.91 Å². The van der Waals surface area contributed by atoms with Gasteiger partial charge in [0.15, 0.2) is 0 Å². The van der Waals surface area contributed by atoms with Crippen LogP contribution in [0.1, 0.15) is 284 Å². The van der Waals surface area contributed by atoms with E-state index in [9.17, 15) is 19.8 Å². The number of carbonyl (C=O) groups excluding carboxylic acids is 2. The Morgan fingerprint density at radius 2 is 0.773 bits per heavy atom. The smallest absolute Gasteiger partial charge is 0.305 e. The third-order valence-electron chi connectivity index (χ3n) is 12.8. The first kappa shape index (κ1) is 63.6. The number of rotatable bonds is 52. The summed E-state index contributed by atoms with van der Waals surface area (Å²) < 4.78 is 5.46. The van der Waals surface area contributed by atoms with Crippen LogP contribution in [0.3, 0.4) is 0 Å². The summed E-state index contributed by atoms with van der Waals surface area (Å²) in [5.41, 5.74) is 0. The summed E-state index contributed by atoms with van der Waals surface area (Å²) >= 11 is 0. The zero-order valence-corrected chi connectivity index (χ0v) is 43.7. The van der Waals surface area contributed by atoms with Crippen molar-refractivity contribution in [2.45, 2.75) is 296 Å². The number of amides is 1. The minimum absolute atomic E-state index is 0.00912. The highest BCUT2D eigenvalue weighted by Crippen LogP contribution is 2.15. The Balaban J connectivity index is 3.48. The topological polar surface area (TPSA) is 95.9 Å². The predicted molar refractivity (Wildman–Crippen MR) is 287 cm³/mol. The lowest BCUT2D eigenvalue weighted by Gasteiger charge is -2.20. The Morgan fingerprint density at radius 3 is 1.20 bits per heavy atom. The molecule has 0 aromatic rings. The first-order valence-electron chi connectivity index (χ1n) is 28.6. The molecule has 0 aromatic carbocycles. The number of aliphatic hydroxyl groups excluding tert-OH is 2. The standard InChI is InChI=1S/C60H109NO5/c1-3-5-7-9-11-13-15-17-30-34-38-42-46-50-54-60(65)66-55-51-47-43-39-35-31-28-26-24-22-20-18-19-21-23-25-27-29-33-37-41-45-49-53-59(64)61-57(56-62)58(63)52-48-44-40-36-32-16-14-12-10-8-6-4-2/h9,11,15,17-18,20-21,23,48,52,57-58,62-63H,3-8,10,12-14,16,19,22,24-47,49-51,53-56H2,1-2H3,(H,61,64)/b11-9-,17-15-,20-18-,23-21-,52-48+. The molecule has 0 spiro atoms. The summed E-state index contributed by atoms with van der Waals surface area (Å²) in [7, 11) is 0. The molecule has 0 aliphatic heterocycles. The quantitative estimate of drug-likeness (QED) is 0.0321. The van der Waals surface area contributed by atoms with Crippen LogP contribution in [0.4, 0.5) is 0 Å². The van der Waals surface area contributed by atoms with Crippen LogP contribution in [0, 0.1) is 0 Å². The van der Waals surface area contributed by atoms with Gasteiger partial charge in [-0.15, -0.1) is 0 Å². The summed E-state index contributed by atoms with van der Waals surface area (Å²) in [6.45, 7) is 4.83. The van der Waals surface area contributed by atoms with Crippen LogP contribution < -0.4 is 5.32 Å². The number of allylic oxidation sites excluding steroid dienone is 9. The molecular formula is C60H109NO5. The molecule has 0 aliphatic carbocycles. The molecule has 0 rings (SSSR count). The monoisotopic (exact) mass is 924 g/mol. The van der Waals surface area contributed by atoms with Crippen molar-refractivity contribution in [3.8, 4) is 0 Å². The van der Waals surface area contributed by atoms with Gasteiger partial charge in [-0.2, -0.15) is 0 Å². The fourth-order valence-electron chi connectivity index (χ4n) is 8.33. The largest absolute Gasteiger partial charge is 0.466 e. The van der Waals surface area contributed by atoms with E-state index >= 15 is 0 Å². The zero-order valence-electron chi connectivity index (χ0n) is 43.7. The summed E-state index contributed by atoms with van der Waals surface area (Å²) in [6, 6.07) is -0.636. The van der Waals surface area contributed by atoms with E-state index in [0.717, 1.165) is 70.6 Å². The number of esters is 1. The van der Waals surface area contributed by atoms with Gasteiger partial charge in [-0.05, 0) is 89.9 Å². The average Bonchev–Trinajstić information content (AvgIpc) is 3.32. The molecule has 2 unspecified atom stereocenters. The number of aliphatic hydroxyl groups is 2. The van der Waals surface area contributed by atoms with Gasteiger partial charge < -0.3 is 20.3 Å². The molecule has 0 radical (unpaired) electrons. The van der Waals surface area contributed by atoms with Crippen LogP contribution in [-0.2, 0) is 14.3 Å². The van der Waals surface area contributed by atoms with E-state index in [4.69, 9.17) is 4.74 Å². The number of hydrogen-bond acceptors (Lipinski definition) is 5. The number of ether oxygens (including phenoxy) is 1. The highest BCUT2D eigenvalue weighted by Gasteiger charge is 2.18. The van der Waals surface area contributed by atoms with Gasteiger partial charge in [-0.1, -0.05) is 242 Å². The van der Waals surface area contributed by atoms with E-state index in [0.29, 0.717) is 19.4 Å². The van der Waals surface area contributed by atoms with Crippen molar-refractivity contribution in [1.29, 1.82) is 0 Å². The van der Waals surface area contributed by atoms with Crippen molar-refractivity contribution in [3.05, 3.63) is 60.8 Å². The van der Waals surface area contributed by atoms with Crippen molar-refractivity contribution < 1.29 is 24.5 Å². The zero-order chi connectivity index (χ0) is 47.9. The maximum Gasteiger partial charge on any atom is 0.305 e. The Morgan fingerprint density at radius 1 is 0.424 bits per heavy atom. The molecule has 66 heavy (non-hydrogen) atoms. The Labute approximate surface area is 409 Å². The third kappa shape index (κ3) is 51.0. The molecule has 0 saturated carbocycles. The lowest BCUT2D eigenvalue weighted by atomic mass is 10.1. The number of carbonyl (C=O) groups is 2. The Bertz CT molecular complexity index is 1160. The fraction of sp³-hybridized carbons (Fsp3) is 0.800. The minimum atomic E-state index is -0.851. The third-order valence-corrected chi connectivity index (χ3v) is 12.8. The molecule has 0 saturated heterocycles. The van der Waals surface area contributed by atoms with E-state index in [1.807, 2.05) is 6.08 Å². The second-order valence-corrected chi connectivity index (χ2v) is 19.3. The molecule has 0 aliphatic rings. The molecule has 0 aromatic heterocycles. The highest BCUT2D eigenvalue weighted by atomic mass is 16.5. The first-order valence-corrected chi connectivity index (χ1v) is 28.6. The van der Waals surface area contributed by atoms with E-state index in [2.05, 4.69) is 67.8 Å². The molecule has 6 nitrogen and oxygen atoms in total. The molecule has 2 atom stereocenters. The molecule has 0 fully saturated rings. The van der Waals surface area contributed by atoms with Crippen LogP contribution in [-0.4, -0.2) is 47.4 Å². The fourth-order valence-corrected chi connectivity index (χ4v) is 8.33. The van der Waals surface area contributed by atoms with Crippen molar-refractivity contribution in [1.82, 2.24) is 5.32 Å². The van der Waals surface area contributed by atoms with Crippen molar-refractivity contribution >= 4 is 11.9 Å². The number of nitrogens with one attached hydrogen (secondary N) is 1. The molecule has 3 N–H and O–H groups in total. The van der Waals surface area contributed by atoms with Crippen molar-refractivity contribution in [2.24, 2.45) is 0 Å². The van der Waals surface area contributed by atoms with Gasteiger partial charge >= 0.3 is 5.97 Å². The summed E-state index contributed by atoms with van der Waals surface area (Å²) in [4.78, 5) is 24.4. The second-order valence-electron chi connectivity index (χ2n) is 19.3. The molecule has 6 heteroatoms. The molecule has 384 valence electrons. The van der Waals surface area contributed by atoms with Gasteiger partial charge in [-0.3, -0.25) is 9.59 Å². The average molecular weight is 925 g/mol. The van der Waals surface area contributed by atoms with Crippen LogP contribution in [0.25, 0.3) is 0 Å². The predicted octanol–water partition coefficient (Wildman–Crippen LogP) is 17.6. The van der Waals surface area contributed by atoms with Gasteiger partial charge in [0.1, 0.15) is 0 Å². The SMILES string of the molecule is CCCC/C=C\C/C=C\CCCCCCCC(=O)OCCCCCCCCCCC/C=C\C/C=C\CCCCCCCCCC(=O)NC(CO)C(O)/C=C/CCCCCCCCCCCC. The van der Waals surface area contributed by atoms with Gasteiger partial charge in [0, 0.05) is 12.8 Å². The number of unbranched alkanes of at least 4 members (excludes halogenated alkanes) is 33. The van der Waals surface area contributed by atoms with Gasteiger partial charge in [0.05, 0.1) is 25.4 Å². The summed E-state index contributed by atoms with van der Waals surface area (Å²) in [5, 5.41) is 23.0. The molecule has 0 bridgehead atoms. The van der Waals surface area contributed by atoms with E-state index in [-0.39, 0.29) is 18.5 Å². The normalized spacial score (nSPS) is 13.1. The number of hydrogen-bond donors (Lipinski definition) is 3. The van der Waals surface area contributed by atoms with Crippen LogP contribution in [0.5, 0.6) is 0 Å². The Kier molecular flexibility index (Phi) is 53.1. The van der Waals surface area contributed by atoms with Gasteiger partial charge in [-0.25, -0.2) is 0 Å². The highest BCUT2D eigenvalue weighted by molar-refractivity contribution is 5.76. The molecule has 1 amide bonds. The summed E-state index contributed by atoms with van der Waals surface area (Å²) in [6.07, 6.45) is 71.0. The minimum Gasteiger partial charge on any atom is -0.466 e. The van der Waals surface area contributed by atoms with E-state index in [1.54, 1.807) is 6.08 Å². The summed E-state index contributed by atoms with van der Waals surface area (Å²) in [5.74, 6) is -0.0896. The van der Waals surface area contributed by atoms with Crippen LogP contribution >= 0.6 is 0 Å². The maximum atomic E-state index is 12.4. The Hall–Kier alpha value is -2.44. The van der Waals surface area contributed by atoms with Gasteiger partial charge in [0.25, 0.3) is 0 Å². The van der Waals surface area contributed by atoms with E-state index in [1.165, 1.54) is 186 Å². The maximum absolute atomic E-state index is 12.4. The second kappa shape index (κ2) is 55.2. The van der Waals surface area contributed by atoms with Crippen LogP contribution in [0.2, 0.25) is 0 Å². The first-order chi connectivity index (χ1) is 32.5. The van der Waals surface area contributed by atoms with Crippen LogP contribution in [0.15, 0.2) is 60.8 Å².